The van der Waals surface area contributed by atoms with Crippen molar-refractivity contribution in [2.24, 2.45) is 0 Å². The van der Waals surface area contributed by atoms with Gasteiger partial charge in [-0.1, -0.05) is 18.3 Å². The summed E-state index contributed by atoms with van der Waals surface area (Å²) in [5.41, 5.74) is 0.376. The van der Waals surface area contributed by atoms with Gasteiger partial charge < -0.3 is 9.64 Å². The SMILES string of the molecule is CCCN(CC(F)(F)F)c1nc(COC)c(C=O)s1. The van der Waals surface area contributed by atoms with Gasteiger partial charge in [0, 0.05) is 13.7 Å². The van der Waals surface area contributed by atoms with Gasteiger partial charge in [-0.15, -0.1) is 0 Å². The Hall–Kier alpha value is -1.15. The molecule has 0 amide bonds. The predicted molar refractivity (Wildman–Crippen MR) is 66.8 cm³/mol. The summed E-state index contributed by atoms with van der Waals surface area (Å²) in [5, 5.41) is 0.202. The van der Waals surface area contributed by atoms with Gasteiger partial charge in [0.2, 0.25) is 0 Å². The Bertz CT molecular complexity index is 421. The third kappa shape index (κ3) is 4.79. The number of thiazole rings is 1. The normalized spacial score (nSPS) is 11.6. The number of hydrogen-bond donors (Lipinski definition) is 0. The molecule has 0 aliphatic rings. The summed E-state index contributed by atoms with van der Waals surface area (Å²) in [6.07, 6.45) is -3.15. The van der Waals surface area contributed by atoms with Crippen molar-refractivity contribution in [2.45, 2.75) is 26.1 Å². The van der Waals surface area contributed by atoms with Crippen molar-refractivity contribution in [2.75, 3.05) is 25.1 Å². The van der Waals surface area contributed by atoms with E-state index in [2.05, 4.69) is 4.98 Å². The van der Waals surface area contributed by atoms with Crippen LogP contribution in [0, 0.1) is 0 Å². The Kier molecular flexibility index (Phi) is 5.74. The van der Waals surface area contributed by atoms with Crippen LogP contribution in [0.15, 0.2) is 0 Å². The van der Waals surface area contributed by atoms with Crippen LogP contribution in [0.1, 0.15) is 28.7 Å². The number of alkyl halides is 3. The van der Waals surface area contributed by atoms with Gasteiger partial charge in [-0.25, -0.2) is 4.98 Å². The van der Waals surface area contributed by atoms with Gasteiger partial charge in [0.05, 0.1) is 17.2 Å². The van der Waals surface area contributed by atoms with Gasteiger partial charge in [-0.2, -0.15) is 13.2 Å². The molecular weight excluding hydrogens is 281 g/mol. The average Bonchev–Trinajstić information content (AvgIpc) is 2.70. The van der Waals surface area contributed by atoms with Crippen molar-refractivity contribution in [3.63, 3.8) is 0 Å². The molecular formula is C11H15F3N2O2S. The van der Waals surface area contributed by atoms with Gasteiger partial charge >= 0.3 is 6.18 Å². The highest BCUT2D eigenvalue weighted by atomic mass is 32.1. The molecule has 8 heteroatoms. The lowest BCUT2D eigenvalue weighted by Crippen LogP contribution is -2.34. The number of hydrogen-bond acceptors (Lipinski definition) is 5. The van der Waals surface area contributed by atoms with E-state index in [4.69, 9.17) is 4.74 Å². The summed E-state index contributed by atoms with van der Waals surface area (Å²) in [4.78, 5) is 16.4. The Balaban J connectivity index is 2.98. The molecule has 0 aliphatic carbocycles. The number of halogens is 3. The fourth-order valence-electron chi connectivity index (χ4n) is 1.55. The van der Waals surface area contributed by atoms with Crippen molar-refractivity contribution in [3.05, 3.63) is 10.6 Å². The summed E-state index contributed by atoms with van der Waals surface area (Å²) in [6, 6.07) is 0. The molecule has 0 N–H and O–H groups in total. The molecule has 0 bridgehead atoms. The molecule has 0 spiro atoms. The van der Waals surface area contributed by atoms with E-state index in [1.54, 1.807) is 6.92 Å². The molecule has 0 aliphatic heterocycles. The Morgan fingerprint density at radius 2 is 2.16 bits per heavy atom. The fourth-order valence-corrected chi connectivity index (χ4v) is 2.45. The lowest BCUT2D eigenvalue weighted by atomic mass is 10.4. The van der Waals surface area contributed by atoms with Crippen LogP contribution in [-0.2, 0) is 11.3 Å². The molecule has 19 heavy (non-hydrogen) atoms. The first-order chi connectivity index (χ1) is 8.91. The third-order valence-electron chi connectivity index (χ3n) is 2.24. The largest absolute Gasteiger partial charge is 0.406 e. The molecule has 0 atom stereocenters. The minimum Gasteiger partial charge on any atom is -0.378 e. The quantitative estimate of drug-likeness (QED) is 0.726. The van der Waals surface area contributed by atoms with E-state index in [1.807, 2.05) is 0 Å². The topological polar surface area (TPSA) is 42.4 Å². The van der Waals surface area contributed by atoms with Gasteiger partial charge in [0.15, 0.2) is 11.4 Å². The zero-order valence-electron chi connectivity index (χ0n) is 10.7. The molecule has 0 radical (unpaired) electrons. The van der Waals surface area contributed by atoms with Crippen LogP contribution in [0.4, 0.5) is 18.3 Å². The van der Waals surface area contributed by atoms with Gasteiger partial charge in [-0.3, -0.25) is 4.79 Å². The number of nitrogens with zero attached hydrogens (tertiary/aromatic N) is 2. The fraction of sp³-hybridized carbons (Fsp3) is 0.636. The number of anilines is 1. The van der Waals surface area contributed by atoms with Gasteiger partial charge in [0.1, 0.15) is 6.54 Å². The van der Waals surface area contributed by atoms with E-state index in [1.165, 1.54) is 7.11 Å². The Morgan fingerprint density at radius 3 is 2.63 bits per heavy atom. The number of aldehydes is 1. The molecule has 0 aromatic carbocycles. The van der Waals surface area contributed by atoms with Crippen LogP contribution < -0.4 is 4.90 Å². The smallest absolute Gasteiger partial charge is 0.378 e. The van der Waals surface area contributed by atoms with E-state index in [-0.39, 0.29) is 18.3 Å². The second kappa shape index (κ2) is 6.85. The number of carbonyl (C=O) groups is 1. The van der Waals surface area contributed by atoms with Crippen LogP contribution in [0.5, 0.6) is 0 Å². The van der Waals surface area contributed by atoms with E-state index in [9.17, 15) is 18.0 Å². The van der Waals surface area contributed by atoms with Crippen molar-refractivity contribution in [1.29, 1.82) is 0 Å². The zero-order valence-corrected chi connectivity index (χ0v) is 11.5. The molecule has 4 nitrogen and oxygen atoms in total. The maximum atomic E-state index is 12.5. The van der Waals surface area contributed by atoms with Crippen molar-refractivity contribution < 1.29 is 22.7 Å². The molecule has 108 valence electrons. The maximum absolute atomic E-state index is 12.5. The molecule has 0 saturated heterocycles. The standard InChI is InChI=1S/C11H15F3N2O2S/c1-3-4-16(7-11(12,13)14)10-15-8(6-18-2)9(5-17)19-10/h5H,3-4,6-7H2,1-2H3. The van der Waals surface area contributed by atoms with E-state index in [0.717, 1.165) is 16.2 Å². The van der Waals surface area contributed by atoms with Crippen molar-refractivity contribution in [1.82, 2.24) is 4.98 Å². The highest BCUT2D eigenvalue weighted by molar-refractivity contribution is 7.17. The zero-order chi connectivity index (χ0) is 14.5. The lowest BCUT2D eigenvalue weighted by Gasteiger charge is -2.22. The predicted octanol–water partition coefficient (Wildman–Crippen LogP) is 2.88. The molecule has 1 rings (SSSR count). The Morgan fingerprint density at radius 1 is 1.47 bits per heavy atom. The number of rotatable bonds is 7. The molecule has 1 heterocycles. The first kappa shape index (κ1) is 15.9. The van der Waals surface area contributed by atoms with E-state index in [0.29, 0.717) is 23.3 Å². The molecule has 0 unspecified atom stereocenters. The lowest BCUT2D eigenvalue weighted by molar-refractivity contribution is -0.119. The summed E-state index contributed by atoms with van der Waals surface area (Å²) in [5.74, 6) is 0. The van der Waals surface area contributed by atoms with Crippen LogP contribution >= 0.6 is 11.3 Å². The van der Waals surface area contributed by atoms with Gasteiger partial charge in [0.25, 0.3) is 0 Å². The molecule has 0 fully saturated rings. The summed E-state index contributed by atoms with van der Waals surface area (Å²) in [7, 11) is 1.44. The highest BCUT2D eigenvalue weighted by Gasteiger charge is 2.32. The van der Waals surface area contributed by atoms with Gasteiger partial charge in [-0.05, 0) is 6.42 Å². The van der Waals surface area contributed by atoms with E-state index >= 15 is 0 Å². The van der Waals surface area contributed by atoms with Crippen LogP contribution in [0.2, 0.25) is 0 Å². The first-order valence-electron chi connectivity index (χ1n) is 5.66. The minimum absolute atomic E-state index is 0.108. The number of carbonyl (C=O) groups excluding carboxylic acids is 1. The molecule has 0 saturated carbocycles. The van der Waals surface area contributed by atoms with E-state index < -0.39 is 12.7 Å². The van der Waals surface area contributed by atoms with Crippen molar-refractivity contribution >= 4 is 22.8 Å². The number of methoxy groups -OCH3 is 1. The minimum atomic E-state index is -4.30. The summed E-state index contributed by atoms with van der Waals surface area (Å²) >= 11 is 0.955. The monoisotopic (exact) mass is 296 g/mol. The highest BCUT2D eigenvalue weighted by Crippen LogP contribution is 2.28. The summed E-state index contributed by atoms with van der Waals surface area (Å²) < 4.78 is 42.3. The molecule has 1 aromatic rings. The first-order valence-corrected chi connectivity index (χ1v) is 6.48. The average molecular weight is 296 g/mol. The number of ether oxygens (including phenoxy) is 1. The van der Waals surface area contributed by atoms with Crippen LogP contribution in [0.25, 0.3) is 0 Å². The Labute approximate surface area is 113 Å². The van der Waals surface area contributed by atoms with Crippen LogP contribution in [0.3, 0.4) is 0 Å². The number of aromatic nitrogens is 1. The second-order valence-electron chi connectivity index (χ2n) is 3.89. The molecule has 1 aromatic heterocycles. The maximum Gasteiger partial charge on any atom is 0.406 e. The third-order valence-corrected chi connectivity index (χ3v) is 3.32. The van der Waals surface area contributed by atoms with Crippen molar-refractivity contribution in [3.8, 4) is 0 Å². The van der Waals surface area contributed by atoms with Crippen LogP contribution in [-0.4, -0.2) is 37.6 Å². The second-order valence-corrected chi connectivity index (χ2v) is 4.90. The summed E-state index contributed by atoms with van der Waals surface area (Å²) in [6.45, 7) is 1.06.